The lowest BCUT2D eigenvalue weighted by Crippen LogP contribution is -2.11. The van der Waals surface area contributed by atoms with E-state index < -0.39 is 5.97 Å². The zero-order chi connectivity index (χ0) is 15.6. The minimum atomic E-state index is -1.13. The molecule has 3 N–H and O–H groups in total. The van der Waals surface area contributed by atoms with Gasteiger partial charge in [0.2, 0.25) is 5.88 Å². The van der Waals surface area contributed by atoms with Gasteiger partial charge in [0.25, 0.3) is 0 Å². The number of benzene rings is 1. The van der Waals surface area contributed by atoms with Crippen molar-refractivity contribution in [2.75, 3.05) is 5.73 Å². The molecule has 0 amide bonds. The summed E-state index contributed by atoms with van der Waals surface area (Å²) in [4.78, 5) is 15.2. The van der Waals surface area contributed by atoms with Crippen molar-refractivity contribution in [3.8, 4) is 11.6 Å². The molecular formula is C16H18N2O3. The van der Waals surface area contributed by atoms with E-state index in [4.69, 9.17) is 10.5 Å². The van der Waals surface area contributed by atoms with E-state index in [0.717, 1.165) is 5.56 Å². The molecule has 2 rings (SSSR count). The van der Waals surface area contributed by atoms with E-state index in [0.29, 0.717) is 5.75 Å². The maximum Gasteiger partial charge on any atom is 0.341 e. The van der Waals surface area contributed by atoms with E-state index in [1.165, 1.54) is 12.3 Å². The molecule has 0 aliphatic rings. The van der Waals surface area contributed by atoms with Crippen molar-refractivity contribution in [2.24, 2.45) is 0 Å². The van der Waals surface area contributed by atoms with Crippen LogP contribution in [-0.4, -0.2) is 16.1 Å². The molecule has 5 heteroatoms. The first-order valence-corrected chi connectivity index (χ1v) is 6.54. The van der Waals surface area contributed by atoms with Gasteiger partial charge in [0.05, 0.1) is 11.9 Å². The fourth-order valence-electron chi connectivity index (χ4n) is 1.84. The van der Waals surface area contributed by atoms with Crippen LogP contribution in [0.1, 0.15) is 36.7 Å². The SMILES string of the molecule is CC(C)(C)c1cccc(Oc2ncc(N)cc2C(=O)O)c1. The third-order valence-electron chi connectivity index (χ3n) is 3.02. The minimum absolute atomic E-state index is 0.0243. The minimum Gasteiger partial charge on any atom is -0.477 e. The average molecular weight is 286 g/mol. The summed E-state index contributed by atoms with van der Waals surface area (Å²) in [6, 6.07) is 8.84. The molecule has 110 valence electrons. The van der Waals surface area contributed by atoms with Crippen LogP contribution < -0.4 is 10.5 Å². The van der Waals surface area contributed by atoms with Crippen LogP contribution in [0.3, 0.4) is 0 Å². The first kappa shape index (κ1) is 14.8. The van der Waals surface area contributed by atoms with Crippen molar-refractivity contribution in [3.63, 3.8) is 0 Å². The van der Waals surface area contributed by atoms with Crippen LogP contribution in [-0.2, 0) is 5.41 Å². The van der Waals surface area contributed by atoms with Crippen LogP contribution in [0.5, 0.6) is 11.6 Å². The highest BCUT2D eigenvalue weighted by Crippen LogP contribution is 2.29. The van der Waals surface area contributed by atoms with Crippen LogP contribution in [0.2, 0.25) is 0 Å². The van der Waals surface area contributed by atoms with Gasteiger partial charge >= 0.3 is 5.97 Å². The number of carbonyl (C=O) groups is 1. The topological polar surface area (TPSA) is 85.4 Å². The molecule has 0 aliphatic heterocycles. The van der Waals surface area contributed by atoms with Gasteiger partial charge in [-0.15, -0.1) is 0 Å². The second-order valence-corrected chi connectivity index (χ2v) is 5.81. The molecule has 0 atom stereocenters. The van der Waals surface area contributed by atoms with E-state index in [2.05, 4.69) is 25.8 Å². The van der Waals surface area contributed by atoms with Crippen molar-refractivity contribution in [3.05, 3.63) is 47.7 Å². The Morgan fingerprint density at radius 2 is 2.00 bits per heavy atom. The van der Waals surface area contributed by atoms with E-state index in [9.17, 15) is 9.90 Å². The summed E-state index contributed by atoms with van der Waals surface area (Å²) in [5.41, 5.74) is 6.85. The number of ether oxygens (including phenoxy) is 1. The zero-order valence-corrected chi connectivity index (χ0v) is 12.3. The number of nitrogens with zero attached hydrogens (tertiary/aromatic N) is 1. The molecule has 1 aromatic heterocycles. The molecule has 1 aromatic carbocycles. The standard InChI is InChI=1S/C16H18N2O3/c1-16(2,3)10-5-4-6-12(7-10)21-14-13(15(19)20)8-11(17)9-18-14/h4-9H,17H2,1-3H3,(H,19,20). The van der Waals surface area contributed by atoms with E-state index >= 15 is 0 Å². The summed E-state index contributed by atoms with van der Waals surface area (Å²) in [7, 11) is 0. The first-order chi connectivity index (χ1) is 9.77. The van der Waals surface area contributed by atoms with E-state index in [-0.39, 0.29) is 22.5 Å². The smallest absolute Gasteiger partial charge is 0.341 e. The second kappa shape index (κ2) is 5.44. The quantitative estimate of drug-likeness (QED) is 0.902. The number of anilines is 1. The van der Waals surface area contributed by atoms with Gasteiger partial charge in [-0.1, -0.05) is 32.9 Å². The summed E-state index contributed by atoms with van der Waals surface area (Å²) in [5, 5.41) is 9.18. The molecule has 5 nitrogen and oxygen atoms in total. The van der Waals surface area contributed by atoms with Crippen LogP contribution in [0, 0.1) is 0 Å². The molecule has 0 radical (unpaired) electrons. The van der Waals surface area contributed by atoms with Crippen molar-refractivity contribution < 1.29 is 14.6 Å². The largest absolute Gasteiger partial charge is 0.477 e. The highest BCUT2D eigenvalue weighted by molar-refractivity contribution is 5.91. The Kier molecular flexibility index (Phi) is 3.84. The number of aromatic nitrogens is 1. The highest BCUT2D eigenvalue weighted by Gasteiger charge is 2.17. The van der Waals surface area contributed by atoms with Gasteiger partial charge in [-0.2, -0.15) is 0 Å². The van der Waals surface area contributed by atoms with Crippen LogP contribution in [0.15, 0.2) is 36.5 Å². The molecule has 0 saturated carbocycles. The Bertz CT molecular complexity index is 675. The molecule has 2 aromatic rings. The van der Waals surface area contributed by atoms with Crippen molar-refractivity contribution in [1.82, 2.24) is 4.98 Å². The summed E-state index contributed by atoms with van der Waals surface area (Å²) in [5.74, 6) is -0.554. The van der Waals surface area contributed by atoms with E-state index in [1.807, 2.05) is 18.2 Å². The lowest BCUT2D eigenvalue weighted by Gasteiger charge is -2.19. The predicted octanol–water partition coefficient (Wildman–Crippen LogP) is 3.45. The van der Waals surface area contributed by atoms with Crippen molar-refractivity contribution in [2.45, 2.75) is 26.2 Å². The second-order valence-electron chi connectivity index (χ2n) is 5.81. The Morgan fingerprint density at radius 1 is 1.29 bits per heavy atom. The van der Waals surface area contributed by atoms with Crippen LogP contribution in [0.25, 0.3) is 0 Å². The number of carboxylic acids is 1. The summed E-state index contributed by atoms with van der Waals surface area (Å²) < 4.78 is 5.61. The number of nitrogen functional groups attached to an aromatic ring is 1. The van der Waals surface area contributed by atoms with Gasteiger partial charge < -0.3 is 15.6 Å². The fourth-order valence-corrected chi connectivity index (χ4v) is 1.84. The van der Waals surface area contributed by atoms with Gasteiger partial charge in [-0.25, -0.2) is 9.78 Å². The van der Waals surface area contributed by atoms with Gasteiger partial charge in [0.1, 0.15) is 11.3 Å². The molecule has 0 bridgehead atoms. The molecule has 21 heavy (non-hydrogen) atoms. The zero-order valence-electron chi connectivity index (χ0n) is 12.3. The normalized spacial score (nSPS) is 11.2. The Balaban J connectivity index is 2.37. The van der Waals surface area contributed by atoms with Gasteiger partial charge in [-0.05, 0) is 29.2 Å². The summed E-state index contributed by atoms with van der Waals surface area (Å²) >= 11 is 0. The molecule has 0 unspecified atom stereocenters. The van der Waals surface area contributed by atoms with Gasteiger partial charge in [0.15, 0.2) is 0 Å². The van der Waals surface area contributed by atoms with E-state index in [1.54, 1.807) is 6.07 Å². The summed E-state index contributed by atoms with van der Waals surface area (Å²) in [6.45, 7) is 6.28. The predicted molar refractivity (Wildman–Crippen MR) is 80.8 cm³/mol. The number of rotatable bonds is 3. The van der Waals surface area contributed by atoms with Crippen LogP contribution in [0.4, 0.5) is 5.69 Å². The fraction of sp³-hybridized carbons (Fsp3) is 0.250. The summed E-state index contributed by atoms with van der Waals surface area (Å²) in [6.07, 6.45) is 1.37. The monoisotopic (exact) mass is 286 g/mol. The molecule has 0 spiro atoms. The third-order valence-corrected chi connectivity index (χ3v) is 3.02. The number of carboxylic acid groups (broad SMARTS) is 1. The number of hydrogen-bond acceptors (Lipinski definition) is 4. The number of nitrogens with two attached hydrogens (primary N) is 1. The maximum atomic E-state index is 11.2. The Labute approximate surface area is 123 Å². The van der Waals surface area contributed by atoms with Crippen molar-refractivity contribution in [1.29, 1.82) is 0 Å². The first-order valence-electron chi connectivity index (χ1n) is 6.54. The highest BCUT2D eigenvalue weighted by atomic mass is 16.5. The van der Waals surface area contributed by atoms with Crippen molar-refractivity contribution >= 4 is 11.7 Å². The lowest BCUT2D eigenvalue weighted by atomic mass is 9.87. The molecule has 1 heterocycles. The Morgan fingerprint density at radius 3 is 2.62 bits per heavy atom. The van der Waals surface area contributed by atoms with Gasteiger partial charge in [-0.3, -0.25) is 0 Å². The maximum absolute atomic E-state index is 11.2. The number of aromatic carboxylic acids is 1. The number of hydrogen-bond donors (Lipinski definition) is 2. The molecule has 0 aliphatic carbocycles. The molecule has 0 fully saturated rings. The van der Waals surface area contributed by atoms with Crippen LogP contribution >= 0.6 is 0 Å². The number of pyridine rings is 1. The lowest BCUT2D eigenvalue weighted by molar-refractivity contribution is 0.0693. The van der Waals surface area contributed by atoms with Gasteiger partial charge in [0, 0.05) is 0 Å². The average Bonchev–Trinajstić information content (AvgIpc) is 2.40. The Hall–Kier alpha value is -2.56. The third kappa shape index (κ3) is 3.51. The molecule has 0 saturated heterocycles. The molecular weight excluding hydrogens is 268 g/mol.